The number of furan rings is 2. The lowest BCUT2D eigenvalue weighted by molar-refractivity contribution is 0.669. The van der Waals surface area contributed by atoms with Gasteiger partial charge in [0.15, 0.2) is 0 Å². The molecule has 1 aliphatic rings. The van der Waals surface area contributed by atoms with Gasteiger partial charge < -0.3 is 13.7 Å². The second-order valence-corrected chi connectivity index (χ2v) is 18.3. The molecule has 0 saturated carbocycles. The summed E-state index contributed by atoms with van der Waals surface area (Å²) in [5, 5.41) is 4.50. The zero-order valence-corrected chi connectivity index (χ0v) is 38.1. The van der Waals surface area contributed by atoms with Crippen LogP contribution in [0.4, 0.5) is 17.1 Å². The van der Waals surface area contributed by atoms with Crippen LogP contribution in [0.5, 0.6) is 0 Å². The molecule has 0 N–H and O–H groups in total. The van der Waals surface area contributed by atoms with E-state index in [-0.39, 0.29) is 0 Å². The fourth-order valence-corrected chi connectivity index (χ4v) is 11.4. The highest BCUT2D eigenvalue weighted by Crippen LogP contribution is 2.56. The molecule has 70 heavy (non-hydrogen) atoms. The number of hydrogen-bond donors (Lipinski definition) is 0. The summed E-state index contributed by atoms with van der Waals surface area (Å²) in [5.74, 6) is 0. The second-order valence-electron chi connectivity index (χ2n) is 18.3. The van der Waals surface area contributed by atoms with Crippen molar-refractivity contribution in [1.29, 1.82) is 0 Å². The first-order valence-corrected chi connectivity index (χ1v) is 24.0. The monoisotopic (exact) mass is 893 g/mol. The third kappa shape index (κ3) is 6.15. The molecule has 0 atom stereocenters. The molecule has 14 rings (SSSR count). The van der Waals surface area contributed by atoms with Crippen molar-refractivity contribution in [3.63, 3.8) is 0 Å². The molecule has 0 aliphatic heterocycles. The van der Waals surface area contributed by atoms with Gasteiger partial charge in [0, 0.05) is 49.7 Å². The number of hydrogen-bond acceptors (Lipinski definition) is 3. The Morgan fingerprint density at radius 1 is 0.271 bits per heavy atom. The Labute approximate surface area is 405 Å². The lowest BCUT2D eigenvalue weighted by atomic mass is 9.67. The predicted molar refractivity (Wildman–Crippen MR) is 289 cm³/mol. The lowest BCUT2D eigenvalue weighted by Gasteiger charge is -2.33. The van der Waals surface area contributed by atoms with E-state index < -0.39 is 5.41 Å². The van der Waals surface area contributed by atoms with E-state index >= 15 is 0 Å². The Kier molecular flexibility index (Phi) is 9.11. The van der Waals surface area contributed by atoms with Gasteiger partial charge in [0.1, 0.15) is 22.3 Å². The molecule has 0 spiro atoms. The molecule has 11 aromatic carbocycles. The van der Waals surface area contributed by atoms with Crippen molar-refractivity contribution in [3.8, 4) is 44.5 Å². The van der Waals surface area contributed by atoms with Gasteiger partial charge in [-0.1, -0.05) is 206 Å². The number of fused-ring (bicyclic) bond motifs is 9. The van der Waals surface area contributed by atoms with Crippen LogP contribution in [-0.4, -0.2) is 0 Å². The molecule has 0 bridgehead atoms. The standard InChI is InChI=1S/C67H43NO2/c1-3-15-48(16-4-1)67(49-17-5-2-6-18-49)61-26-10-7-19-55(61)60-43-47(35-42-62(60)67)44-29-36-50(37-30-44)68(51-38-31-45(32-39-51)53-22-13-24-58-56-20-8-11-27-63(56)69-65(53)58)52-40-33-46(34-41-52)54-23-14-25-59-57-21-9-12-28-64(57)70-66(54)59/h1-43H. The number of rotatable bonds is 8. The van der Waals surface area contributed by atoms with Gasteiger partial charge in [-0.2, -0.15) is 0 Å². The van der Waals surface area contributed by atoms with Crippen LogP contribution < -0.4 is 4.90 Å². The largest absolute Gasteiger partial charge is 0.455 e. The van der Waals surface area contributed by atoms with Crippen molar-refractivity contribution in [2.45, 2.75) is 5.41 Å². The first kappa shape index (κ1) is 39.9. The third-order valence-corrected chi connectivity index (χ3v) is 14.6. The molecule has 3 nitrogen and oxygen atoms in total. The molecule has 1 aliphatic carbocycles. The fourth-order valence-electron chi connectivity index (χ4n) is 11.4. The van der Waals surface area contributed by atoms with Crippen LogP contribution in [0.3, 0.4) is 0 Å². The van der Waals surface area contributed by atoms with E-state index in [2.05, 4.69) is 241 Å². The van der Waals surface area contributed by atoms with Crippen LogP contribution in [0.2, 0.25) is 0 Å². The predicted octanol–water partition coefficient (Wildman–Crippen LogP) is 18.3. The molecule has 13 aromatic rings. The molecular weight excluding hydrogens is 851 g/mol. The zero-order chi connectivity index (χ0) is 46.2. The minimum atomic E-state index is -0.431. The fraction of sp³-hybridized carbons (Fsp3) is 0.0149. The smallest absolute Gasteiger partial charge is 0.143 e. The van der Waals surface area contributed by atoms with Crippen molar-refractivity contribution < 1.29 is 8.83 Å². The Bertz CT molecular complexity index is 3890. The van der Waals surface area contributed by atoms with Crippen molar-refractivity contribution >= 4 is 60.9 Å². The van der Waals surface area contributed by atoms with Crippen LogP contribution in [0.25, 0.3) is 88.4 Å². The Morgan fingerprint density at radius 3 is 1.20 bits per heavy atom. The SMILES string of the molecule is c1ccc(C2(c3ccccc3)c3ccccc3-c3cc(-c4ccc(N(c5ccc(-c6cccc7c6oc6ccccc67)cc5)c5ccc(-c6cccc7c6oc6ccccc67)cc5)cc4)ccc32)cc1. The normalized spacial score (nSPS) is 12.7. The van der Waals surface area contributed by atoms with Gasteiger partial charge in [-0.15, -0.1) is 0 Å². The van der Waals surface area contributed by atoms with Gasteiger partial charge in [-0.05, 0) is 110 Å². The molecule has 0 amide bonds. The van der Waals surface area contributed by atoms with E-state index in [9.17, 15) is 0 Å². The zero-order valence-electron chi connectivity index (χ0n) is 38.1. The van der Waals surface area contributed by atoms with Crippen molar-refractivity contribution in [2.75, 3.05) is 4.90 Å². The summed E-state index contributed by atoms with van der Waals surface area (Å²) in [6.07, 6.45) is 0. The minimum Gasteiger partial charge on any atom is -0.455 e. The average molecular weight is 894 g/mol. The molecule has 3 heteroatoms. The van der Waals surface area contributed by atoms with Gasteiger partial charge >= 0.3 is 0 Å². The third-order valence-electron chi connectivity index (χ3n) is 14.6. The molecule has 0 unspecified atom stereocenters. The summed E-state index contributed by atoms with van der Waals surface area (Å²) in [7, 11) is 0. The van der Waals surface area contributed by atoms with E-state index in [1.165, 1.54) is 38.9 Å². The molecule has 0 fully saturated rings. The highest BCUT2D eigenvalue weighted by molar-refractivity contribution is 6.10. The first-order valence-electron chi connectivity index (χ1n) is 24.0. The van der Waals surface area contributed by atoms with E-state index in [0.717, 1.165) is 88.8 Å². The molecule has 0 saturated heterocycles. The molecule has 2 heterocycles. The first-order chi connectivity index (χ1) is 34.7. The second kappa shape index (κ2) is 16.0. The maximum Gasteiger partial charge on any atom is 0.143 e. The summed E-state index contributed by atoms with van der Waals surface area (Å²) in [6.45, 7) is 0. The van der Waals surface area contributed by atoms with Crippen LogP contribution in [0.15, 0.2) is 270 Å². The quantitative estimate of drug-likeness (QED) is 0.152. The maximum absolute atomic E-state index is 6.47. The average Bonchev–Trinajstić information content (AvgIpc) is 4.11. The minimum absolute atomic E-state index is 0.431. The van der Waals surface area contributed by atoms with Gasteiger partial charge in [-0.3, -0.25) is 0 Å². The number of anilines is 3. The molecule has 2 aromatic heterocycles. The Morgan fingerprint density at radius 2 is 0.671 bits per heavy atom. The van der Waals surface area contributed by atoms with E-state index in [4.69, 9.17) is 8.83 Å². The summed E-state index contributed by atoms with van der Waals surface area (Å²) >= 11 is 0. The van der Waals surface area contributed by atoms with E-state index in [1.54, 1.807) is 0 Å². The summed E-state index contributed by atoms with van der Waals surface area (Å²) in [4.78, 5) is 2.34. The Balaban J connectivity index is 0.864. The Hall–Kier alpha value is -9.18. The van der Waals surface area contributed by atoms with Crippen LogP contribution in [0.1, 0.15) is 22.3 Å². The van der Waals surface area contributed by atoms with Crippen molar-refractivity contribution in [1.82, 2.24) is 0 Å². The lowest BCUT2D eigenvalue weighted by Crippen LogP contribution is -2.28. The number of para-hydroxylation sites is 4. The highest BCUT2D eigenvalue weighted by atomic mass is 16.3. The van der Waals surface area contributed by atoms with Gasteiger partial charge in [0.2, 0.25) is 0 Å². The van der Waals surface area contributed by atoms with Crippen molar-refractivity contribution in [3.05, 3.63) is 283 Å². The van der Waals surface area contributed by atoms with Crippen LogP contribution >= 0.6 is 0 Å². The maximum atomic E-state index is 6.47. The van der Waals surface area contributed by atoms with E-state index in [0.29, 0.717) is 0 Å². The summed E-state index contributed by atoms with van der Waals surface area (Å²) in [5.41, 5.74) is 20.7. The summed E-state index contributed by atoms with van der Waals surface area (Å²) < 4.78 is 12.9. The number of benzene rings is 11. The van der Waals surface area contributed by atoms with Gasteiger partial charge in [0.05, 0.1) is 5.41 Å². The topological polar surface area (TPSA) is 29.5 Å². The van der Waals surface area contributed by atoms with Gasteiger partial charge in [0.25, 0.3) is 0 Å². The van der Waals surface area contributed by atoms with Crippen molar-refractivity contribution in [2.24, 2.45) is 0 Å². The highest BCUT2D eigenvalue weighted by Gasteiger charge is 2.46. The molecular formula is C67H43NO2. The molecule has 0 radical (unpaired) electrons. The van der Waals surface area contributed by atoms with Gasteiger partial charge in [-0.25, -0.2) is 0 Å². The van der Waals surface area contributed by atoms with Crippen LogP contribution in [0, 0.1) is 0 Å². The number of nitrogens with zero attached hydrogens (tertiary/aromatic N) is 1. The molecule has 328 valence electrons. The van der Waals surface area contributed by atoms with Crippen LogP contribution in [-0.2, 0) is 5.41 Å². The summed E-state index contributed by atoms with van der Waals surface area (Å²) in [6, 6.07) is 94.1. The van der Waals surface area contributed by atoms with E-state index in [1.807, 2.05) is 24.3 Å².